The zero-order valence-electron chi connectivity index (χ0n) is 28.4. The molecule has 12 heteroatoms. The maximum absolute atomic E-state index is 13.6. The molecule has 3 N–H and O–H groups in total. The summed E-state index contributed by atoms with van der Waals surface area (Å²) in [7, 11) is -2.73. The molecule has 1 saturated heterocycles. The van der Waals surface area contributed by atoms with E-state index in [0.29, 0.717) is 5.69 Å². The molecule has 260 valence electrons. The largest absolute Gasteiger partial charge is 0.492 e. The first-order chi connectivity index (χ1) is 23.9. The number of halogens is 1. The summed E-state index contributed by atoms with van der Waals surface area (Å²) in [5.41, 5.74) is 4.23. The van der Waals surface area contributed by atoms with Gasteiger partial charge < -0.3 is 20.1 Å². The van der Waals surface area contributed by atoms with Crippen LogP contribution >= 0.6 is 0 Å². The lowest BCUT2D eigenvalue weighted by atomic mass is 9.86. The van der Waals surface area contributed by atoms with E-state index in [9.17, 15) is 17.6 Å². The minimum Gasteiger partial charge on any atom is -0.492 e. The van der Waals surface area contributed by atoms with Gasteiger partial charge in [-0.3, -0.25) is 14.6 Å². The van der Waals surface area contributed by atoms with Crippen LogP contribution < -0.4 is 20.1 Å². The number of fused-ring (bicyclic) bond motifs is 1. The molecule has 1 fully saturated rings. The van der Waals surface area contributed by atoms with Crippen LogP contribution in [-0.2, 0) is 26.7 Å². The molecule has 6 rings (SSSR count). The Labute approximate surface area is 291 Å². The third-order valence-corrected chi connectivity index (χ3v) is 9.95. The lowest BCUT2D eigenvalue weighted by Gasteiger charge is -2.26. The normalized spacial score (nSPS) is 13.9. The zero-order chi connectivity index (χ0) is 35.5. The fourth-order valence-corrected chi connectivity index (χ4v) is 6.92. The fourth-order valence-electron chi connectivity index (χ4n) is 5.87. The number of amides is 2. The summed E-state index contributed by atoms with van der Waals surface area (Å²) in [6.45, 7) is 9.94. The van der Waals surface area contributed by atoms with Crippen LogP contribution in [0.2, 0.25) is 0 Å². The van der Waals surface area contributed by atoms with E-state index in [1.807, 2.05) is 69.4 Å². The number of morpholine rings is 1. The molecule has 0 unspecified atom stereocenters. The van der Waals surface area contributed by atoms with Crippen molar-refractivity contribution in [2.45, 2.75) is 37.6 Å². The maximum Gasteiger partial charge on any atom is 0.323 e. The Balaban J connectivity index is 1.26. The van der Waals surface area contributed by atoms with Crippen LogP contribution in [0, 0.1) is 5.82 Å². The van der Waals surface area contributed by atoms with Crippen molar-refractivity contribution in [3.63, 3.8) is 0 Å². The minimum absolute atomic E-state index is 0.114. The molecule has 0 aliphatic carbocycles. The zero-order valence-corrected chi connectivity index (χ0v) is 29.2. The molecule has 4 aromatic carbocycles. The second kappa shape index (κ2) is 14.4. The smallest absolute Gasteiger partial charge is 0.323 e. The summed E-state index contributed by atoms with van der Waals surface area (Å²) in [4.78, 5) is 20.5. The molecule has 0 atom stereocenters. The summed E-state index contributed by atoms with van der Waals surface area (Å²) in [6, 6.07) is 23.1. The second-order valence-electron chi connectivity index (χ2n) is 13.1. The molecular weight excluding hydrogens is 658 g/mol. The molecule has 0 saturated carbocycles. The lowest BCUT2D eigenvalue weighted by molar-refractivity contribution is 0.0336. The van der Waals surface area contributed by atoms with Gasteiger partial charge in [0.15, 0.2) is 5.75 Å². The predicted octanol–water partition coefficient (Wildman–Crippen LogP) is 7.62. The first-order valence-electron chi connectivity index (χ1n) is 16.3. The van der Waals surface area contributed by atoms with E-state index in [4.69, 9.17) is 14.5 Å². The van der Waals surface area contributed by atoms with Crippen molar-refractivity contribution < 1.29 is 27.1 Å². The van der Waals surface area contributed by atoms with Gasteiger partial charge in [0.2, 0.25) is 0 Å². The van der Waals surface area contributed by atoms with Crippen LogP contribution in [0.4, 0.5) is 26.2 Å². The highest BCUT2D eigenvalue weighted by Crippen LogP contribution is 2.40. The summed E-state index contributed by atoms with van der Waals surface area (Å²) >= 11 is 0. The van der Waals surface area contributed by atoms with Crippen LogP contribution in [0.5, 0.6) is 5.75 Å². The van der Waals surface area contributed by atoms with E-state index in [1.54, 1.807) is 12.1 Å². The first kappa shape index (κ1) is 34.8. The number of hydrogen-bond donors (Lipinski definition) is 3. The molecule has 0 bridgehead atoms. The van der Waals surface area contributed by atoms with E-state index in [0.717, 1.165) is 78.1 Å². The van der Waals surface area contributed by atoms with Crippen LogP contribution in [0.25, 0.3) is 21.9 Å². The molecule has 0 radical (unpaired) electrons. The fraction of sp³-hybridized carbons (Fsp3) is 0.263. The summed E-state index contributed by atoms with van der Waals surface area (Å²) in [5.74, 6) is -0.439. The molecular formula is C38H40FN5O5S. The number of urea groups is 1. The van der Waals surface area contributed by atoms with Crippen molar-refractivity contribution in [2.75, 3.05) is 48.8 Å². The molecule has 5 aromatic rings. The number of nitrogens with zero attached hydrogens (tertiary/aromatic N) is 2. The first-order valence-corrected chi connectivity index (χ1v) is 17.8. The van der Waals surface area contributed by atoms with Gasteiger partial charge in [0.25, 0.3) is 10.0 Å². The predicted molar refractivity (Wildman–Crippen MR) is 195 cm³/mol. The molecule has 1 aromatic heterocycles. The van der Waals surface area contributed by atoms with E-state index in [2.05, 4.69) is 26.3 Å². The van der Waals surface area contributed by atoms with Crippen molar-refractivity contribution in [3.05, 3.63) is 108 Å². The van der Waals surface area contributed by atoms with E-state index < -0.39 is 27.3 Å². The highest BCUT2D eigenvalue weighted by molar-refractivity contribution is 7.92. The molecule has 50 heavy (non-hydrogen) atoms. The van der Waals surface area contributed by atoms with Crippen molar-refractivity contribution in [1.82, 2.24) is 9.88 Å². The van der Waals surface area contributed by atoms with Crippen LogP contribution in [0.15, 0.2) is 96.0 Å². The number of pyridine rings is 1. The molecule has 0 spiro atoms. The Morgan fingerprint density at radius 3 is 2.24 bits per heavy atom. The number of sulfonamides is 1. The Hall–Kier alpha value is -5.04. The van der Waals surface area contributed by atoms with Gasteiger partial charge in [-0.2, -0.15) is 0 Å². The number of methoxy groups -OCH3 is 1. The van der Waals surface area contributed by atoms with Crippen LogP contribution in [0.3, 0.4) is 0 Å². The third-order valence-electron chi connectivity index (χ3n) is 8.57. The average molecular weight is 698 g/mol. The number of anilines is 3. The second-order valence-corrected chi connectivity index (χ2v) is 14.8. The molecule has 1 aliphatic heterocycles. The van der Waals surface area contributed by atoms with Gasteiger partial charge in [-0.15, -0.1) is 0 Å². The lowest BCUT2D eigenvalue weighted by Crippen LogP contribution is -2.35. The van der Waals surface area contributed by atoms with Crippen molar-refractivity contribution in [3.8, 4) is 16.9 Å². The third kappa shape index (κ3) is 7.88. The van der Waals surface area contributed by atoms with E-state index in [-0.39, 0.29) is 22.0 Å². The number of benzene rings is 4. The quantitative estimate of drug-likeness (QED) is 0.145. The molecule has 10 nitrogen and oxygen atoms in total. The number of rotatable bonds is 9. The summed E-state index contributed by atoms with van der Waals surface area (Å²) < 4.78 is 53.7. The van der Waals surface area contributed by atoms with Crippen molar-refractivity contribution in [1.29, 1.82) is 0 Å². The van der Waals surface area contributed by atoms with Crippen LogP contribution in [-0.4, -0.2) is 57.7 Å². The standard InChI is InChI=1S/C38H40FN5O5S/c1-38(2,3)26-21-34(36(48-4)35(22-26)43-50(46,47)29-13-10-27(39)11-14-29)42-37(45)41-33-16-15-30(31-7-5-6-8-32(31)33)25-9-12-28(40-23-25)24-44-17-19-49-20-18-44/h5-16,21-23,43H,17-20,24H2,1-4H3,(H2,41,42,45). The Morgan fingerprint density at radius 1 is 0.900 bits per heavy atom. The van der Waals surface area contributed by atoms with Gasteiger partial charge in [0.05, 0.1) is 48.0 Å². The highest BCUT2D eigenvalue weighted by atomic mass is 32.2. The maximum atomic E-state index is 13.6. The topological polar surface area (TPSA) is 122 Å². The van der Waals surface area contributed by atoms with Gasteiger partial charge in [0, 0.05) is 36.8 Å². The van der Waals surface area contributed by atoms with Gasteiger partial charge in [-0.25, -0.2) is 17.6 Å². The van der Waals surface area contributed by atoms with Gasteiger partial charge in [-0.1, -0.05) is 57.2 Å². The van der Waals surface area contributed by atoms with Crippen molar-refractivity contribution in [2.24, 2.45) is 0 Å². The van der Waals surface area contributed by atoms with Crippen molar-refractivity contribution >= 4 is 43.9 Å². The number of hydrogen-bond acceptors (Lipinski definition) is 7. The average Bonchev–Trinajstić information content (AvgIpc) is 3.09. The Bertz CT molecular complexity index is 2110. The van der Waals surface area contributed by atoms with E-state index in [1.165, 1.54) is 19.2 Å². The monoisotopic (exact) mass is 697 g/mol. The van der Waals surface area contributed by atoms with Crippen LogP contribution in [0.1, 0.15) is 32.0 Å². The highest BCUT2D eigenvalue weighted by Gasteiger charge is 2.24. The summed E-state index contributed by atoms with van der Waals surface area (Å²) in [6.07, 6.45) is 1.88. The molecule has 2 amide bonds. The van der Waals surface area contributed by atoms with Gasteiger partial charge in [-0.05, 0) is 70.5 Å². The number of carbonyl (C=O) groups excluding carboxylic acids is 1. The van der Waals surface area contributed by atoms with Gasteiger partial charge in [0.1, 0.15) is 5.82 Å². The van der Waals surface area contributed by atoms with Gasteiger partial charge >= 0.3 is 6.03 Å². The Morgan fingerprint density at radius 2 is 1.58 bits per heavy atom. The molecule has 1 aliphatic rings. The Kier molecular flexibility index (Phi) is 10.1. The number of carbonyl (C=O) groups is 1. The molecule has 2 heterocycles. The van der Waals surface area contributed by atoms with E-state index >= 15 is 0 Å². The number of nitrogens with one attached hydrogen (secondary N) is 3. The minimum atomic E-state index is -4.12. The SMILES string of the molecule is COc1c(NC(=O)Nc2ccc(-c3ccc(CN4CCOCC4)nc3)c3ccccc23)cc(C(C)(C)C)cc1NS(=O)(=O)c1ccc(F)cc1. The number of aromatic nitrogens is 1. The number of ether oxygens (including phenoxy) is 2. The summed E-state index contributed by atoms with van der Waals surface area (Å²) in [5, 5.41) is 7.61.